The Balaban J connectivity index is 0.000000583. The first-order valence-electron chi connectivity index (χ1n) is 5.10. The molecular formula is C13H22N2. The van der Waals surface area contributed by atoms with Crippen molar-refractivity contribution in [3.8, 4) is 0 Å². The zero-order chi connectivity index (χ0) is 11.7. The molecule has 0 heterocycles. The zero-order valence-corrected chi connectivity index (χ0v) is 9.96. The lowest BCUT2D eigenvalue weighted by atomic mass is 9.94. The maximum atomic E-state index is 5.93. The highest BCUT2D eigenvalue weighted by atomic mass is 14.7. The minimum atomic E-state index is -0.290. The summed E-state index contributed by atoms with van der Waals surface area (Å²) in [6.45, 7) is 5.68. The number of hydrogen-bond donors (Lipinski definition) is 2. The van der Waals surface area contributed by atoms with Gasteiger partial charge in [-0.25, -0.2) is 0 Å². The van der Waals surface area contributed by atoms with Crippen LogP contribution >= 0.6 is 0 Å². The van der Waals surface area contributed by atoms with Crippen LogP contribution in [0.15, 0.2) is 43.0 Å². The number of hydrogen-bond acceptors (Lipinski definition) is 2. The fourth-order valence-corrected chi connectivity index (χ4v) is 1.11. The van der Waals surface area contributed by atoms with Crippen molar-refractivity contribution in [1.82, 2.24) is 5.32 Å². The van der Waals surface area contributed by atoms with Crippen molar-refractivity contribution in [1.29, 1.82) is 0 Å². The first kappa shape index (κ1) is 13.9. The van der Waals surface area contributed by atoms with E-state index in [1.807, 2.05) is 39.2 Å². The van der Waals surface area contributed by atoms with E-state index in [2.05, 4.69) is 24.0 Å². The van der Waals surface area contributed by atoms with Crippen LogP contribution in [-0.4, -0.2) is 19.6 Å². The Hall–Kier alpha value is -1.12. The third-order valence-electron chi connectivity index (χ3n) is 1.89. The first-order chi connectivity index (χ1) is 7.05. The Kier molecular flexibility index (Phi) is 6.67. The van der Waals surface area contributed by atoms with Gasteiger partial charge in [-0.1, -0.05) is 36.4 Å². The van der Waals surface area contributed by atoms with Gasteiger partial charge in [0.1, 0.15) is 0 Å². The molecule has 0 aliphatic carbocycles. The average Bonchev–Trinajstić information content (AvgIpc) is 2.20. The molecule has 0 fully saturated rings. The van der Waals surface area contributed by atoms with Gasteiger partial charge >= 0.3 is 0 Å². The van der Waals surface area contributed by atoms with Crippen LogP contribution in [0.3, 0.4) is 0 Å². The van der Waals surface area contributed by atoms with E-state index in [-0.39, 0.29) is 5.54 Å². The SMILES string of the molecule is C=CC(C)(N)Cc1ccccc1.CNC. The predicted octanol–water partition coefficient (Wildman–Crippen LogP) is 1.97. The van der Waals surface area contributed by atoms with Crippen molar-refractivity contribution in [3.63, 3.8) is 0 Å². The molecule has 1 aromatic rings. The van der Waals surface area contributed by atoms with Crippen LogP contribution in [0, 0.1) is 0 Å². The second-order valence-corrected chi connectivity index (χ2v) is 3.87. The number of benzene rings is 1. The molecule has 0 aliphatic heterocycles. The molecule has 0 amide bonds. The van der Waals surface area contributed by atoms with E-state index >= 15 is 0 Å². The second kappa shape index (κ2) is 7.21. The summed E-state index contributed by atoms with van der Waals surface area (Å²) in [5.74, 6) is 0. The minimum Gasteiger partial charge on any atom is -0.323 e. The highest BCUT2D eigenvalue weighted by Gasteiger charge is 2.13. The normalized spacial score (nSPS) is 13.3. The average molecular weight is 206 g/mol. The van der Waals surface area contributed by atoms with Crippen molar-refractivity contribution in [2.45, 2.75) is 18.9 Å². The fourth-order valence-electron chi connectivity index (χ4n) is 1.11. The molecule has 0 saturated heterocycles. The van der Waals surface area contributed by atoms with E-state index in [1.54, 1.807) is 6.08 Å². The Labute approximate surface area is 93.2 Å². The van der Waals surface area contributed by atoms with E-state index in [9.17, 15) is 0 Å². The molecule has 1 aromatic carbocycles. The van der Waals surface area contributed by atoms with Gasteiger partial charge in [0.25, 0.3) is 0 Å². The number of rotatable bonds is 3. The van der Waals surface area contributed by atoms with E-state index in [0.717, 1.165) is 6.42 Å². The number of nitrogens with two attached hydrogens (primary N) is 1. The summed E-state index contributed by atoms with van der Waals surface area (Å²) in [7, 11) is 3.75. The smallest absolute Gasteiger partial charge is 0.0348 e. The van der Waals surface area contributed by atoms with Gasteiger partial charge in [0.2, 0.25) is 0 Å². The lowest BCUT2D eigenvalue weighted by Crippen LogP contribution is -2.35. The van der Waals surface area contributed by atoms with Gasteiger partial charge in [0, 0.05) is 5.54 Å². The molecule has 1 rings (SSSR count). The molecule has 2 nitrogen and oxygen atoms in total. The van der Waals surface area contributed by atoms with Crippen molar-refractivity contribution < 1.29 is 0 Å². The largest absolute Gasteiger partial charge is 0.323 e. The molecule has 0 saturated carbocycles. The first-order valence-corrected chi connectivity index (χ1v) is 5.10. The summed E-state index contributed by atoms with van der Waals surface area (Å²) >= 11 is 0. The lowest BCUT2D eigenvalue weighted by molar-refractivity contribution is 0.583. The van der Waals surface area contributed by atoms with E-state index < -0.39 is 0 Å². The van der Waals surface area contributed by atoms with Crippen LogP contribution in [0.25, 0.3) is 0 Å². The van der Waals surface area contributed by atoms with Gasteiger partial charge in [-0.2, -0.15) is 0 Å². The molecular weight excluding hydrogens is 184 g/mol. The molecule has 0 spiro atoms. The van der Waals surface area contributed by atoms with E-state index in [4.69, 9.17) is 5.73 Å². The van der Waals surface area contributed by atoms with Crippen molar-refractivity contribution >= 4 is 0 Å². The maximum absolute atomic E-state index is 5.93. The summed E-state index contributed by atoms with van der Waals surface area (Å²) in [5.41, 5.74) is 6.89. The van der Waals surface area contributed by atoms with Crippen LogP contribution in [0.5, 0.6) is 0 Å². The topological polar surface area (TPSA) is 38.0 Å². The summed E-state index contributed by atoms with van der Waals surface area (Å²) in [6, 6.07) is 10.2. The molecule has 1 atom stereocenters. The highest BCUT2D eigenvalue weighted by molar-refractivity contribution is 5.19. The van der Waals surface area contributed by atoms with Crippen molar-refractivity contribution in [2.24, 2.45) is 5.73 Å². The summed E-state index contributed by atoms with van der Waals surface area (Å²) in [4.78, 5) is 0. The second-order valence-electron chi connectivity index (χ2n) is 3.87. The molecule has 3 N–H and O–H groups in total. The van der Waals surface area contributed by atoms with Crippen molar-refractivity contribution in [2.75, 3.05) is 14.1 Å². The molecule has 84 valence electrons. The Morgan fingerprint density at radius 1 is 1.33 bits per heavy atom. The molecule has 0 aliphatic rings. The molecule has 0 radical (unpaired) electrons. The van der Waals surface area contributed by atoms with Crippen LogP contribution in [0.4, 0.5) is 0 Å². The van der Waals surface area contributed by atoms with Crippen LogP contribution in [0.2, 0.25) is 0 Å². The van der Waals surface area contributed by atoms with Gasteiger partial charge in [-0.3, -0.25) is 0 Å². The summed E-state index contributed by atoms with van der Waals surface area (Å²) in [6.07, 6.45) is 2.64. The quantitative estimate of drug-likeness (QED) is 0.742. The van der Waals surface area contributed by atoms with Crippen molar-refractivity contribution in [3.05, 3.63) is 48.6 Å². The third kappa shape index (κ3) is 6.89. The maximum Gasteiger partial charge on any atom is 0.0348 e. The minimum absolute atomic E-state index is 0.290. The standard InChI is InChI=1S/C11H15N.C2H7N/c1-3-11(2,12)9-10-7-5-4-6-8-10;1-3-2/h3-8H,1,9,12H2,2H3;3H,1-2H3. The van der Waals surface area contributed by atoms with Gasteiger partial charge in [-0.15, -0.1) is 6.58 Å². The molecule has 15 heavy (non-hydrogen) atoms. The van der Waals surface area contributed by atoms with Gasteiger partial charge in [0.05, 0.1) is 0 Å². The molecule has 0 aromatic heterocycles. The lowest BCUT2D eigenvalue weighted by Gasteiger charge is -2.19. The Morgan fingerprint density at radius 2 is 1.80 bits per heavy atom. The monoisotopic (exact) mass is 206 g/mol. The van der Waals surface area contributed by atoms with Gasteiger partial charge in [-0.05, 0) is 33.0 Å². The van der Waals surface area contributed by atoms with Gasteiger partial charge in [0.15, 0.2) is 0 Å². The summed E-state index contributed by atoms with van der Waals surface area (Å²) in [5, 5.41) is 2.75. The van der Waals surface area contributed by atoms with E-state index in [1.165, 1.54) is 5.56 Å². The van der Waals surface area contributed by atoms with E-state index in [0.29, 0.717) is 0 Å². The molecule has 1 unspecified atom stereocenters. The van der Waals surface area contributed by atoms with Crippen LogP contribution in [0.1, 0.15) is 12.5 Å². The predicted molar refractivity (Wildman–Crippen MR) is 67.9 cm³/mol. The van der Waals surface area contributed by atoms with Crippen LogP contribution in [-0.2, 0) is 6.42 Å². The molecule has 2 heteroatoms. The van der Waals surface area contributed by atoms with Gasteiger partial charge < -0.3 is 11.1 Å². The summed E-state index contributed by atoms with van der Waals surface area (Å²) < 4.78 is 0. The fraction of sp³-hybridized carbons (Fsp3) is 0.385. The Morgan fingerprint density at radius 3 is 2.20 bits per heavy atom. The Bertz CT molecular complexity index is 265. The molecule has 0 bridgehead atoms. The number of nitrogens with one attached hydrogen (secondary N) is 1. The van der Waals surface area contributed by atoms with Crippen LogP contribution < -0.4 is 11.1 Å². The zero-order valence-electron chi connectivity index (χ0n) is 9.96. The highest BCUT2D eigenvalue weighted by Crippen LogP contribution is 2.10. The third-order valence-corrected chi connectivity index (χ3v) is 1.89.